The van der Waals surface area contributed by atoms with E-state index >= 15 is 0 Å². The molecular weight excluding hydrogens is 905 g/mol. The summed E-state index contributed by atoms with van der Waals surface area (Å²) in [6.45, 7) is 2.05. The molecular formula is C40H46N12O12S2. The minimum atomic E-state index is -1.47. The van der Waals surface area contributed by atoms with Crippen molar-refractivity contribution in [2.45, 2.75) is 56.2 Å². The van der Waals surface area contributed by atoms with Gasteiger partial charge in [-0.1, -0.05) is 21.6 Å². The van der Waals surface area contributed by atoms with E-state index in [4.69, 9.17) is 20.9 Å². The average molecular weight is 951 g/mol. The Kier molecular flexibility index (Phi) is 13.9. The molecule has 2 aromatic heterocycles. The predicted molar refractivity (Wildman–Crippen MR) is 238 cm³/mol. The highest BCUT2D eigenvalue weighted by Gasteiger charge is 2.75. The number of aromatic nitrogens is 4. The highest BCUT2D eigenvalue weighted by atomic mass is 33.1. The number of fused-ring (bicyclic) bond motifs is 5. The number of likely N-dealkylation sites (N-methyl/N-ethyl adjacent to an activating group) is 1. The number of anilines is 2. The van der Waals surface area contributed by atoms with E-state index in [1.807, 2.05) is 11.9 Å². The number of nitrogen functional groups attached to an aromatic ring is 1. The van der Waals surface area contributed by atoms with Crippen LogP contribution in [0.4, 0.5) is 16.4 Å². The number of Topliss-reactive ketones (excluding diaryl/α,β-unsaturated/α-hetero) is 2. The third-order valence-corrected chi connectivity index (χ3v) is 14.2. The fourth-order valence-electron chi connectivity index (χ4n) is 8.59. The number of carboxylic acid groups (broad SMARTS) is 2. The molecule has 0 saturated carbocycles. The molecule has 0 bridgehead atoms. The lowest BCUT2D eigenvalue weighted by Crippen LogP contribution is -2.55. The second-order valence-electron chi connectivity index (χ2n) is 15.8. The number of ether oxygens (including phenoxy) is 2. The number of aromatic amines is 1. The lowest BCUT2D eigenvalue weighted by Gasteiger charge is -2.40. The standard InChI is InChI=1S/C40H46N12O12S2/c1-17-27(31(55)26-21(15-64-39(42)62)40(63-3)32-24(51(32)2)14-52(40)29(26)30(17)54)43-10-11-65-66-16-23(37(60)61)47-25(53)9-8-22(36(58)59)48-34(56)18-4-6-19(7-5-18)44-12-20-13-45-33-28(46-20)35(57)50-38(41)49-33/h4-7,13,17,21-24,32,44H,8-12,14-16H2,1-3H3,(H2,42,62)(H,47,53)(H,48,56)(H,58,59)(H,60,61)(H3,41,45,49,50,57)/t17?,21-,22?,23?,24+,32+,40-,51?/m1/s1. The smallest absolute Gasteiger partial charge is 0.404 e. The number of benzene rings is 1. The summed E-state index contributed by atoms with van der Waals surface area (Å²) in [5.41, 5.74) is 10.9. The van der Waals surface area contributed by atoms with E-state index in [2.05, 4.69) is 45.8 Å². The van der Waals surface area contributed by atoms with Gasteiger partial charge in [0.05, 0.1) is 47.7 Å². The first-order valence-corrected chi connectivity index (χ1v) is 23.0. The van der Waals surface area contributed by atoms with E-state index in [0.717, 1.165) is 10.8 Å². The molecule has 350 valence electrons. The Morgan fingerprint density at radius 3 is 2.47 bits per heavy atom. The van der Waals surface area contributed by atoms with Gasteiger partial charge in [-0.2, -0.15) is 4.98 Å². The highest BCUT2D eigenvalue weighted by Crippen LogP contribution is 2.59. The molecule has 4 unspecified atom stereocenters. The molecule has 7 rings (SSSR count). The van der Waals surface area contributed by atoms with Crippen LogP contribution in [0.2, 0.25) is 0 Å². The molecule has 3 aliphatic heterocycles. The lowest BCUT2D eigenvalue weighted by molar-refractivity contribution is -0.145. The maximum atomic E-state index is 14.1. The molecule has 0 radical (unpaired) electrons. The summed E-state index contributed by atoms with van der Waals surface area (Å²) in [5.74, 6) is -6.45. The first kappa shape index (κ1) is 47.3. The number of hydrogen-bond acceptors (Lipinski definition) is 20. The summed E-state index contributed by atoms with van der Waals surface area (Å²) < 4.78 is 11.3. The third-order valence-electron chi connectivity index (χ3n) is 11.8. The van der Waals surface area contributed by atoms with Crippen molar-refractivity contribution < 1.29 is 53.2 Å². The number of carboxylic acids is 2. The molecule has 1 aromatic carbocycles. The number of nitrogens with zero attached hydrogens (tertiary/aromatic N) is 6. The van der Waals surface area contributed by atoms with Crippen molar-refractivity contribution >= 4 is 91.5 Å². The maximum absolute atomic E-state index is 14.1. The van der Waals surface area contributed by atoms with Gasteiger partial charge in [-0.3, -0.25) is 38.8 Å². The van der Waals surface area contributed by atoms with Gasteiger partial charge in [-0.05, 0) is 44.7 Å². The molecule has 10 N–H and O–H groups in total. The third kappa shape index (κ3) is 9.38. The SMILES string of the molecule is CO[C@@]12[C@H](COC(N)=O)C3=C(C(=O)C(C)C(=NCCSSCC(NC(=O)CCC(NC(=O)c4ccc(NCc5cnc6nc(N)[nH]c(=O)c6n5)cc4)C(=O)O)C(=O)O)C3=O)N1C[C@H]1[C@@H]2N1C. The van der Waals surface area contributed by atoms with Gasteiger partial charge in [-0.15, -0.1) is 0 Å². The number of nitrogens with two attached hydrogens (primary N) is 2. The monoisotopic (exact) mass is 950 g/mol. The van der Waals surface area contributed by atoms with Crippen LogP contribution in [0.3, 0.4) is 0 Å². The van der Waals surface area contributed by atoms with Crippen LogP contribution in [-0.2, 0) is 40.0 Å². The zero-order valence-electron chi connectivity index (χ0n) is 35.6. The van der Waals surface area contributed by atoms with Crippen molar-refractivity contribution in [3.8, 4) is 0 Å². The predicted octanol–water partition coefficient (Wildman–Crippen LogP) is -0.630. The Morgan fingerprint density at radius 1 is 1.06 bits per heavy atom. The molecule has 0 spiro atoms. The average Bonchev–Trinajstić information content (AvgIpc) is 3.63. The molecule has 5 heterocycles. The first-order valence-electron chi connectivity index (χ1n) is 20.5. The van der Waals surface area contributed by atoms with E-state index in [9.17, 15) is 48.6 Å². The zero-order chi connectivity index (χ0) is 47.6. The van der Waals surface area contributed by atoms with Crippen molar-refractivity contribution in [3.63, 3.8) is 0 Å². The number of ketones is 2. The highest BCUT2D eigenvalue weighted by molar-refractivity contribution is 8.76. The number of carbonyl (C=O) groups is 7. The van der Waals surface area contributed by atoms with Crippen molar-refractivity contribution in [3.05, 3.63) is 63.3 Å². The molecule has 3 aromatic rings. The Bertz CT molecular complexity index is 2610. The van der Waals surface area contributed by atoms with Crippen LogP contribution in [0.5, 0.6) is 0 Å². The summed E-state index contributed by atoms with van der Waals surface area (Å²) in [4.78, 5) is 124. The van der Waals surface area contributed by atoms with Crippen LogP contribution < -0.4 is 33.0 Å². The summed E-state index contributed by atoms with van der Waals surface area (Å²) in [7, 11) is 5.77. The van der Waals surface area contributed by atoms with Crippen LogP contribution in [0.1, 0.15) is 35.8 Å². The van der Waals surface area contributed by atoms with Crippen molar-refractivity contribution in [2.24, 2.45) is 22.6 Å². The van der Waals surface area contributed by atoms with E-state index in [1.165, 1.54) is 36.2 Å². The number of aliphatic carboxylic acids is 2. The molecule has 1 aliphatic carbocycles. The van der Waals surface area contributed by atoms with E-state index < -0.39 is 77.3 Å². The van der Waals surface area contributed by atoms with Crippen LogP contribution >= 0.6 is 21.6 Å². The van der Waals surface area contributed by atoms with Crippen molar-refractivity contribution in [2.75, 3.05) is 56.4 Å². The molecule has 26 heteroatoms. The summed E-state index contributed by atoms with van der Waals surface area (Å²) in [6, 6.07) is 3.19. The van der Waals surface area contributed by atoms with Crippen molar-refractivity contribution in [1.29, 1.82) is 0 Å². The minimum Gasteiger partial charge on any atom is -0.480 e. The second kappa shape index (κ2) is 19.4. The maximum Gasteiger partial charge on any atom is 0.404 e. The van der Waals surface area contributed by atoms with Crippen LogP contribution in [-0.4, -0.2) is 162 Å². The fraction of sp³-hybridized carbons (Fsp3) is 0.450. The molecule has 3 amide bonds. The molecule has 4 aliphatic rings. The number of aliphatic imine (C=N–C) groups is 1. The summed E-state index contributed by atoms with van der Waals surface area (Å²) >= 11 is 0. The van der Waals surface area contributed by atoms with Crippen molar-refractivity contribution in [1.82, 2.24) is 40.4 Å². The zero-order valence-corrected chi connectivity index (χ0v) is 37.3. The molecule has 66 heavy (non-hydrogen) atoms. The number of amides is 3. The number of carbonyl (C=O) groups excluding carboxylic acids is 5. The molecule has 2 saturated heterocycles. The minimum absolute atomic E-state index is 0.0159. The number of nitrogens with one attached hydrogen (secondary N) is 4. The van der Waals surface area contributed by atoms with Crippen LogP contribution in [0, 0.1) is 11.8 Å². The van der Waals surface area contributed by atoms with Crippen LogP contribution in [0.25, 0.3) is 11.2 Å². The van der Waals surface area contributed by atoms with Gasteiger partial charge in [-0.25, -0.2) is 24.4 Å². The largest absolute Gasteiger partial charge is 0.480 e. The molecule has 8 atom stereocenters. The number of hydrogen-bond donors (Lipinski definition) is 8. The molecule has 24 nitrogen and oxygen atoms in total. The Labute approximate surface area is 382 Å². The number of primary amides is 1. The number of piperazine rings is 1. The van der Waals surface area contributed by atoms with Gasteiger partial charge in [0.1, 0.15) is 18.7 Å². The number of methoxy groups -OCH3 is 1. The number of allylic oxidation sites excluding steroid dienone is 1. The lowest BCUT2D eigenvalue weighted by atomic mass is 9.78. The van der Waals surface area contributed by atoms with Gasteiger partial charge in [0.25, 0.3) is 11.5 Å². The quantitative estimate of drug-likeness (QED) is 0.0397. The number of rotatable bonds is 20. The number of H-pyrrole nitrogens is 1. The summed E-state index contributed by atoms with van der Waals surface area (Å²) in [5, 5.41) is 27.4. The topological polar surface area (TPSA) is 357 Å². The van der Waals surface area contributed by atoms with Gasteiger partial charge in [0.2, 0.25) is 17.6 Å². The second-order valence-corrected chi connectivity index (χ2v) is 18.4. The van der Waals surface area contributed by atoms with Gasteiger partial charge in [0, 0.05) is 61.0 Å². The first-order chi connectivity index (χ1) is 31.5. The summed E-state index contributed by atoms with van der Waals surface area (Å²) in [6.07, 6.45) is -0.347. The normalized spacial score (nSPS) is 24.3. The van der Waals surface area contributed by atoms with E-state index in [-0.39, 0.29) is 89.4 Å². The van der Waals surface area contributed by atoms with E-state index in [0.29, 0.717) is 23.7 Å². The Hall–Kier alpha value is -6.64. The van der Waals surface area contributed by atoms with Gasteiger partial charge in [0.15, 0.2) is 22.7 Å². The Balaban J connectivity index is 0.859. The van der Waals surface area contributed by atoms with E-state index in [1.54, 1.807) is 19.1 Å². The fourth-order valence-corrected chi connectivity index (χ4v) is 10.6. The van der Waals surface area contributed by atoms with Gasteiger partial charge >= 0.3 is 18.0 Å². The Morgan fingerprint density at radius 2 is 1.79 bits per heavy atom. The van der Waals surface area contributed by atoms with Gasteiger partial charge < -0.3 is 52.0 Å². The van der Waals surface area contributed by atoms with Crippen LogP contribution in [0.15, 0.2) is 51.5 Å². The molecule has 2 fully saturated rings.